The van der Waals surface area contributed by atoms with Crippen molar-refractivity contribution in [3.8, 4) is 0 Å². The molecule has 0 aromatic rings. The Morgan fingerprint density at radius 1 is 1.73 bits per heavy atom. The number of carbonyl (C=O) groups is 1. The lowest BCUT2D eigenvalue weighted by atomic mass is 9.69. The summed E-state index contributed by atoms with van der Waals surface area (Å²) in [7, 11) is 0. The van der Waals surface area contributed by atoms with Gasteiger partial charge in [0.2, 0.25) is 0 Å². The predicted molar refractivity (Wildman–Crippen MR) is 50.4 cm³/mol. The van der Waals surface area contributed by atoms with Crippen molar-refractivity contribution in [2.45, 2.75) is 18.4 Å². The smallest absolute Gasteiger partial charge is 0.323 e. The van der Waals surface area contributed by atoms with Crippen molar-refractivity contribution in [3.63, 3.8) is 0 Å². The van der Waals surface area contributed by atoms with Crippen molar-refractivity contribution in [1.82, 2.24) is 0 Å². The van der Waals surface area contributed by atoms with Crippen molar-refractivity contribution >= 4 is 28.6 Å². The third kappa shape index (κ3) is 1.73. The number of hydrogen-bond donors (Lipinski definition) is 2. The number of allylic oxidation sites excluding steroid dienone is 1. The van der Waals surface area contributed by atoms with Crippen LogP contribution in [0.2, 0.25) is 0 Å². The van der Waals surface area contributed by atoms with Crippen molar-refractivity contribution in [3.05, 3.63) is 10.2 Å². The molecule has 0 amide bonds. The Hall–Kier alpha value is -0.100. The summed E-state index contributed by atoms with van der Waals surface area (Å²) in [5, 5.41) is 8.63. The Morgan fingerprint density at radius 2 is 2.27 bits per heavy atom. The summed E-state index contributed by atoms with van der Waals surface area (Å²) in [5.41, 5.74) is 4.59. The molecule has 1 aliphatic carbocycles. The van der Waals surface area contributed by atoms with E-state index in [1.807, 2.05) is 10.2 Å². The molecule has 0 radical (unpaired) electrons. The maximum atomic E-state index is 10.5. The summed E-state index contributed by atoms with van der Waals surface area (Å²) in [6.45, 7) is 0. The van der Waals surface area contributed by atoms with Crippen LogP contribution in [0.1, 0.15) is 12.8 Å². The molecule has 0 spiro atoms. The molecule has 1 saturated carbocycles. The summed E-state index contributed by atoms with van der Waals surface area (Å²) in [6, 6.07) is 0. The summed E-state index contributed by atoms with van der Waals surface area (Å²) < 4.78 is 1.91. The van der Waals surface area contributed by atoms with E-state index in [-0.39, 0.29) is 0 Å². The van der Waals surface area contributed by atoms with E-state index in [9.17, 15) is 4.79 Å². The van der Waals surface area contributed by atoms with Gasteiger partial charge in [-0.25, -0.2) is 0 Å². The number of aliphatic carboxylic acids is 1. The van der Waals surface area contributed by atoms with E-state index in [0.29, 0.717) is 18.8 Å². The van der Waals surface area contributed by atoms with Gasteiger partial charge in [-0.3, -0.25) is 4.79 Å². The average molecular weight is 267 g/mol. The minimum atomic E-state index is -0.944. The summed E-state index contributed by atoms with van der Waals surface area (Å²) in [6.07, 6.45) is 3.14. The molecular weight excluding hydrogens is 257 g/mol. The maximum absolute atomic E-state index is 10.5. The Labute approximate surface area is 78.8 Å². The largest absolute Gasteiger partial charge is 0.480 e. The summed E-state index contributed by atoms with van der Waals surface area (Å²) >= 11 is 2.12. The summed E-state index contributed by atoms with van der Waals surface area (Å²) in [4.78, 5) is 10.5. The first-order valence-electron chi connectivity index (χ1n) is 3.37. The van der Waals surface area contributed by atoms with Crippen LogP contribution in [0.4, 0.5) is 0 Å². The molecule has 3 nitrogen and oxygen atoms in total. The molecular formula is C7H10INO2. The van der Waals surface area contributed by atoms with E-state index in [0.717, 1.165) is 0 Å². The number of hydrogen-bond acceptors (Lipinski definition) is 2. The normalized spacial score (nSPS) is 37.1. The molecule has 4 heteroatoms. The first-order chi connectivity index (χ1) is 5.08. The van der Waals surface area contributed by atoms with Gasteiger partial charge in [-0.05, 0) is 22.8 Å². The van der Waals surface area contributed by atoms with Crippen LogP contribution in [-0.2, 0) is 4.79 Å². The maximum Gasteiger partial charge on any atom is 0.323 e. The van der Waals surface area contributed by atoms with Crippen molar-refractivity contribution in [2.24, 2.45) is 11.7 Å². The molecule has 1 rings (SSSR count). The first kappa shape index (κ1) is 8.99. The molecule has 0 aromatic heterocycles. The molecule has 0 unspecified atom stereocenters. The molecule has 3 N–H and O–H groups in total. The minimum Gasteiger partial charge on any atom is -0.480 e. The Bertz CT molecular complexity index is 197. The van der Waals surface area contributed by atoms with Crippen LogP contribution in [0.25, 0.3) is 0 Å². The number of halogens is 1. The Kier molecular flexibility index (Phi) is 2.54. The molecule has 0 bridgehead atoms. The van der Waals surface area contributed by atoms with Gasteiger partial charge in [0.05, 0.1) is 0 Å². The second-order valence-corrected chi connectivity index (χ2v) is 3.67. The lowest BCUT2D eigenvalue weighted by molar-refractivity contribution is -0.147. The third-order valence-electron chi connectivity index (χ3n) is 2.02. The van der Waals surface area contributed by atoms with Crippen LogP contribution >= 0.6 is 22.6 Å². The zero-order valence-electron chi connectivity index (χ0n) is 5.96. The molecule has 0 heterocycles. The number of carboxylic acid groups (broad SMARTS) is 1. The predicted octanol–water partition coefficient (Wildman–Crippen LogP) is 1.13. The van der Waals surface area contributed by atoms with Gasteiger partial charge in [0.25, 0.3) is 0 Å². The fraction of sp³-hybridized carbons (Fsp3) is 0.571. The van der Waals surface area contributed by atoms with Gasteiger partial charge in [0.15, 0.2) is 0 Å². The second-order valence-electron chi connectivity index (χ2n) is 2.95. The Balaban J connectivity index is 2.44. The fourth-order valence-electron chi connectivity index (χ4n) is 1.29. The van der Waals surface area contributed by atoms with E-state index in [4.69, 9.17) is 10.8 Å². The van der Waals surface area contributed by atoms with Crippen LogP contribution in [0.5, 0.6) is 0 Å². The van der Waals surface area contributed by atoms with E-state index in [2.05, 4.69) is 22.6 Å². The zero-order chi connectivity index (χ0) is 8.48. The number of nitrogens with two attached hydrogens (primary N) is 1. The highest BCUT2D eigenvalue weighted by molar-refractivity contribution is 14.1. The number of rotatable bonds is 2. The van der Waals surface area contributed by atoms with Gasteiger partial charge in [-0.2, -0.15) is 0 Å². The SMILES string of the molecule is NC1(C(=O)O)CC(/C=C/I)C1. The van der Waals surface area contributed by atoms with Crippen LogP contribution < -0.4 is 5.73 Å². The van der Waals surface area contributed by atoms with E-state index in [1.54, 1.807) is 0 Å². The standard InChI is InChI=1S/C7H10INO2/c8-2-1-5-3-7(9,4-5)6(10)11/h1-2,5H,3-4,9H2,(H,10,11)/b2-1+. The zero-order valence-corrected chi connectivity index (χ0v) is 8.11. The van der Waals surface area contributed by atoms with Gasteiger partial charge in [0, 0.05) is 0 Å². The second kappa shape index (κ2) is 3.10. The van der Waals surface area contributed by atoms with Crippen molar-refractivity contribution in [1.29, 1.82) is 0 Å². The van der Waals surface area contributed by atoms with Crippen LogP contribution in [0.15, 0.2) is 10.2 Å². The van der Waals surface area contributed by atoms with Gasteiger partial charge in [-0.1, -0.05) is 28.7 Å². The fourth-order valence-corrected chi connectivity index (χ4v) is 1.88. The third-order valence-corrected chi connectivity index (χ3v) is 2.44. The topological polar surface area (TPSA) is 63.3 Å². The molecule has 0 saturated heterocycles. The molecule has 1 fully saturated rings. The van der Waals surface area contributed by atoms with Crippen LogP contribution in [0, 0.1) is 5.92 Å². The quantitative estimate of drug-likeness (QED) is 0.737. The highest BCUT2D eigenvalue weighted by Crippen LogP contribution is 2.36. The molecule has 1 aliphatic rings. The Morgan fingerprint density at radius 3 is 2.64 bits per heavy atom. The lowest BCUT2D eigenvalue weighted by Crippen LogP contribution is -2.57. The lowest BCUT2D eigenvalue weighted by Gasteiger charge is -2.39. The van der Waals surface area contributed by atoms with Crippen LogP contribution in [-0.4, -0.2) is 16.6 Å². The van der Waals surface area contributed by atoms with Crippen LogP contribution in [0.3, 0.4) is 0 Å². The van der Waals surface area contributed by atoms with Crippen molar-refractivity contribution < 1.29 is 9.90 Å². The highest BCUT2D eigenvalue weighted by Gasteiger charge is 2.45. The monoisotopic (exact) mass is 267 g/mol. The molecule has 62 valence electrons. The molecule has 0 atom stereocenters. The molecule has 0 aromatic carbocycles. The minimum absolute atomic E-state index is 0.369. The van der Waals surface area contributed by atoms with E-state index in [1.165, 1.54) is 0 Å². The first-order valence-corrected chi connectivity index (χ1v) is 4.62. The average Bonchev–Trinajstić information content (AvgIpc) is 1.84. The summed E-state index contributed by atoms with van der Waals surface area (Å²) in [5.74, 6) is -0.511. The van der Waals surface area contributed by atoms with Gasteiger partial charge in [-0.15, -0.1) is 0 Å². The van der Waals surface area contributed by atoms with Gasteiger partial charge >= 0.3 is 5.97 Å². The molecule has 11 heavy (non-hydrogen) atoms. The van der Waals surface area contributed by atoms with Gasteiger partial charge in [0.1, 0.15) is 5.54 Å². The van der Waals surface area contributed by atoms with E-state index < -0.39 is 11.5 Å². The van der Waals surface area contributed by atoms with Gasteiger partial charge < -0.3 is 10.8 Å². The molecule has 0 aliphatic heterocycles. The number of carboxylic acids is 1. The van der Waals surface area contributed by atoms with E-state index >= 15 is 0 Å². The van der Waals surface area contributed by atoms with Crippen molar-refractivity contribution in [2.75, 3.05) is 0 Å². The highest BCUT2D eigenvalue weighted by atomic mass is 127.